The lowest BCUT2D eigenvalue weighted by atomic mass is 10.2. The number of benzene rings is 1. The van der Waals surface area contributed by atoms with Crippen LogP contribution in [0.15, 0.2) is 40.7 Å². The molecule has 0 spiro atoms. The second kappa shape index (κ2) is 10.7. The van der Waals surface area contributed by atoms with E-state index in [1.54, 1.807) is 11.3 Å². The van der Waals surface area contributed by atoms with Crippen LogP contribution in [0.25, 0.3) is 0 Å². The fourth-order valence-electron chi connectivity index (χ4n) is 3.10. The maximum absolute atomic E-state index is 4.51. The number of thiazole rings is 1. The second-order valence-electron chi connectivity index (χ2n) is 6.40. The largest absolute Gasteiger partial charge is 0.369 e. The number of aromatic nitrogens is 1. The number of hydrogen-bond donors (Lipinski definition) is 2. The van der Waals surface area contributed by atoms with Gasteiger partial charge >= 0.3 is 0 Å². The van der Waals surface area contributed by atoms with Crippen LogP contribution >= 0.6 is 35.3 Å². The van der Waals surface area contributed by atoms with E-state index in [9.17, 15) is 0 Å². The normalized spacial score (nSPS) is 17.1. The quantitative estimate of drug-likeness (QED) is 0.285. The van der Waals surface area contributed by atoms with Crippen molar-refractivity contribution >= 4 is 47.0 Å². The number of rotatable bonds is 6. The maximum Gasteiger partial charge on any atom is 0.191 e. The molecule has 0 aliphatic carbocycles. The third-order valence-electron chi connectivity index (χ3n) is 4.40. The van der Waals surface area contributed by atoms with Gasteiger partial charge in [-0.1, -0.05) is 18.2 Å². The Morgan fingerprint density at radius 1 is 1.35 bits per heavy atom. The first kappa shape index (κ1) is 21.0. The van der Waals surface area contributed by atoms with Crippen molar-refractivity contribution in [1.82, 2.24) is 15.6 Å². The molecule has 0 radical (unpaired) electrons. The Labute approximate surface area is 177 Å². The molecule has 1 atom stereocenters. The van der Waals surface area contributed by atoms with Gasteiger partial charge in [-0.05, 0) is 31.9 Å². The number of aliphatic imine (C=N–C) groups is 1. The van der Waals surface area contributed by atoms with Crippen LogP contribution < -0.4 is 15.5 Å². The van der Waals surface area contributed by atoms with Gasteiger partial charge in [0.15, 0.2) is 5.96 Å². The fourth-order valence-corrected chi connectivity index (χ4v) is 3.92. The number of nitrogens with zero attached hydrogens (tertiary/aromatic N) is 3. The predicted molar refractivity (Wildman–Crippen MR) is 122 cm³/mol. The summed E-state index contributed by atoms with van der Waals surface area (Å²) < 4.78 is 0. The van der Waals surface area contributed by atoms with E-state index in [4.69, 9.17) is 0 Å². The lowest BCUT2D eigenvalue weighted by Crippen LogP contribution is -2.44. The number of guanidine groups is 1. The minimum absolute atomic E-state index is 0. The van der Waals surface area contributed by atoms with Gasteiger partial charge in [-0.15, -0.1) is 35.3 Å². The third-order valence-corrected chi connectivity index (χ3v) is 5.43. The molecule has 1 saturated heterocycles. The fraction of sp³-hybridized carbons (Fsp3) is 0.474. The molecule has 142 valence electrons. The standard InChI is InChI=1S/C19H27N5S.HI/c1-15-14-25-18(22-15)9-6-11-21-19(20-2)23-16-10-12-24(13-16)17-7-4-3-5-8-17;/h3-5,7-8,14,16H,6,9-13H2,1-2H3,(H2,20,21,23);1H. The Morgan fingerprint density at radius 3 is 2.85 bits per heavy atom. The van der Waals surface area contributed by atoms with Crippen molar-refractivity contribution in [1.29, 1.82) is 0 Å². The third kappa shape index (κ3) is 6.12. The highest BCUT2D eigenvalue weighted by Gasteiger charge is 2.23. The van der Waals surface area contributed by atoms with E-state index in [0.717, 1.165) is 50.6 Å². The van der Waals surface area contributed by atoms with Crippen LogP contribution in [0.2, 0.25) is 0 Å². The van der Waals surface area contributed by atoms with E-state index in [0.29, 0.717) is 6.04 Å². The number of halogens is 1. The van der Waals surface area contributed by atoms with Crippen molar-refractivity contribution in [2.24, 2.45) is 4.99 Å². The summed E-state index contributed by atoms with van der Waals surface area (Å²) in [5.41, 5.74) is 2.42. The van der Waals surface area contributed by atoms with E-state index in [1.165, 1.54) is 10.7 Å². The summed E-state index contributed by atoms with van der Waals surface area (Å²) in [4.78, 5) is 11.3. The first-order chi connectivity index (χ1) is 12.2. The van der Waals surface area contributed by atoms with Gasteiger partial charge in [-0.3, -0.25) is 4.99 Å². The van der Waals surface area contributed by atoms with Gasteiger partial charge in [0.1, 0.15) is 0 Å². The van der Waals surface area contributed by atoms with E-state index < -0.39 is 0 Å². The van der Waals surface area contributed by atoms with Crippen molar-refractivity contribution in [2.75, 3.05) is 31.6 Å². The molecule has 2 aromatic rings. The molecule has 1 aliphatic heterocycles. The van der Waals surface area contributed by atoms with Crippen LogP contribution in [-0.4, -0.2) is 43.7 Å². The monoisotopic (exact) mass is 485 g/mol. The molecule has 26 heavy (non-hydrogen) atoms. The molecule has 0 saturated carbocycles. The van der Waals surface area contributed by atoms with Gasteiger partial charge in [0.2, 0.25) is 0 Å². The minimum Gasteiger partial charge on any atom is -0.369 e. The predicted octanol–water partition coefficient (Wildman–Crippen LogP) is 3.45. The van der Waals surface area contributed by atoms with Gasteiger partial charge in [0, 0.05) is 55.9 Å². The zero-order valence-corrected chi connectivity index (χ0v) is 18.6. The number of aryl methyl sites for hydroxylation is 2. The smallest absolute Gasteiger partial charge is 0.191 e. The average molecular weight is 485 g/mol. The maximum atomic E-state index is 4.51. The van der Waals surface area contributed by atoms with Crippen molar-refractivity contribution < 1.29 is 0 Å². The molecule has 2 N–H and O–H groups in total. The molecule has 5 nitrogen and oxygen atoms in total. The summed E-state index contributed by atoms with van der Waals surface area (Å²) in [6, 6.07) is 11.0. The zero-order valence-electron chi connectivity index (χ0n) is 15.4. The number of anilines is 1. The minimum atomic E-state index is 0. The zero-order chi connectivity index (χ0) is 17.5. The lowest BCUT2D eigenvalue weighted by Gasteiger charge is -2.20. The van der Waals surface area contributed by atoms with Gasteiger partial charge in [0.05, 0.1) is 5.01 Å². The van der Waals surface area contributed by atoms with Crippen molar-refractivity contribution in [2.45, 2.75) is 32.2 Å². The molecule has 1 fully saturated rings. The molecule has 7 heteroatoms. The van der Waals surface area contributed by atoms with Crippen molar-refractivity contribution in [3.8, 4) is 0 Å². The van der Waals surface area contributed by atoms with E-state index >= 15 is 0 Å². The molecule has 0 amide bonds. The molecule has 2 heterocycles. The van der Waals surface area contributed by atoms with Crippen molar-refractivity contribution in [3.63, 3.8) is 0 Å². The highest BCUT2D eigenvalue weighted by Crippen LogP contribution is 2.19. The Kier molecular flexibility index (Phi) is 8.64. The molecule has 3 rings (SSSR count). The van der Waals surface area contributed by atoms with Gasteiger partial charge in [-0.25, -0.2) is 4.98 Å². The Bertz CT molecular complexity index is 688. The highest BCUT2D eigenvalue weighted by molar-refractivity contribution is 14.0. The summed E-state index contributed by atoms with van der Waals surface area (Å²) in [5.74, 6) is 0.898. The topological polar surface area (TPSA) is 52.6 Å². The van der Waals surface area contributed by atoms with Crippen LogP contribution in [0.5, 0.6) is 0 Å². The van der Waals surface area contributed by atoms with Crippen LogP contribution in [0, 0.1) is 6.92 Å². The Balaban J connectivity index is 0.00000243. The SMILES string of the molecule is CN=C(NCCCc1nc(C)cs1)NC1CCN(c2ccccc2)C1.I. The van der Waals surface area contributed by atoms with E-state index in [1.807, 2.05) is 14.0 Å². The molecule has 0 bridgehead atoms. The summed E-state index contributed by atoms with van der Waals surface area (Å²) in [6.45, 7) is 5.06. The van der Waals surface area contributed by atoms with Crippen LogP contribution in [0.1, 0.15) is 23.5 Å². The van der Waals surface area contributed by atoms with E-state index in [-0.39, 0.29) is 24.0 Å². The van der Waals surface area contributed by atoms with Crippen molar-refractivity contribution in [3.05, 3.63) is 46.4 Å². The highest BCUT2D eigenvalue weighted by atomic mass is 127. The number of hydrogen-bond acceptors (Lipinski definition) is 4. The van der Waals surface area contributed by atoms with Gasteiger partial charge < -0.3 is 15.5 Å². The lowest BCUT2D eigenvalue weighted by molar-refractivity contribution is 0.643. The number of nitrogens with one attached hydrogen (secondary N) is 2. The summed E-state index contributed by atoms with van der Waals surface area (Å²) >= 11 is 1.75. The average Bonchev–Trinajstić information content (AvgIpc) is 3.27. The summed E-state index contributed by atoms with van der Waals surface area (Å²) in [6.07, 6.45) is 3.22. The van der Waals surface area contributed by atoms with Crippen LogP contribution in [-0.2, 0) is 6.42 Å². The first-order valence-corrected chi connectivity index (χ1v) is 9.81. The molecule has 1 aromatic carbocycles. The second-order valence-corrected chi connectivity index (χ2v) is 7.34. The molecule has 1 aliphatic rings. The first-order valence-electron chi connectivity index (χ1n) is 8.93. The van der Waals surface area contributed by atoms with E-state index in [2.05, 4.69) is 61.2 Å². The summed E-state index contributed by atoms with van der Waals surface area (Å²) in [7, 11) is 1.84. The Hall–Kier alpha value is -1.35. The summed E-state index contributed by atoms with van der Waals surface area (Å²) in [5, 5.41) is 10.3. The molecule has 1 unspecified atom stereocenters. The molecular weight excluding hydrogens is 457 g/mol. The molecule has 1 aromatic heterocycles. The number of para-hydroxylation sites is 1. The van der Waals surface area contributed by atoms with Gasteiger partial charge in [-0.2, -0.15) is 0 Å². The molecular formula is C19H28IN5S. The van der Waals surface area contributed by atoms with Gasteiger partial charge in [0.25, 0.3) is 0 Å². The van der Waals surface area contributed by atoms with Crippen LogP contribution in [0.3, 0.4) is 0 Å². The van der Waals surface area contributed by atoms with Crippen LogP contribution in [0.4, 0.5) is 5.69 Å². The Morgan fingerprint density at radius 2 is 2.15 bits per heavy atom.